The number of rotatable bonds is 2. The standard InChI is InChI=1S/C27H27ClN2O2/c1-32-27(31)19-11-12-20-22(15-19)29-13-6-14-30-23(28)16-18-9-5-10-21(25(18)30)26(29)24(20)17-7-3-2-4-8-17/h5,9-12,15-17H,2-4,6-8,13-14H2,1H3. The van der Waals surface area contributed by atoms with Gasteiger partial charge in [-0.15, -0.1) is 0 Å². The molecule has 32 heavy (non-hydrogen) atoms. The van der Waals surface area contributed by atoms with Gasteiger partial charge in [0, 0.05) is 34.9 Å². The molecule has 0 unspecified atom stereocenters. The predicted molar refractivity (Wildman–Crippen MR) is 130 cm³/mol. The molecule has 1 saturated carbocycles. The second-order valence-electron chi connectivity index (χ2n) is 9.19. The number of nitrogens with zero attached hydrogens (tertiary/aromatic N) is 2. The Balaban J connectivity index is 1.72. The smallest absolute Gasteiger partial charge is 0.337 e. The molecule has 0 atom stereocenters. The summed E-state index contributed by atoms with van der Waals surface area (Å²) in [6.45, 7) is 1.78. The molecule has 2 aromatic heterocycles. The maximum absolute atomic E-state index is 12.3. The Morgan fingerprint density at radius 2 is 1.81 bits per heavy atom. The Hall–Kier alpha value is -2.72. The lowest BCUT2D eigenvalue weighted by atomic mass is 9.81. The van der Waals surface area contributed by atoms with E-state index in [1.807, 2.05) is 12.1 Å². The van der Waals surface area contributed by atoms with E-state index in [4.69, 9.17) is 16.3 Å². The summed E-state index contributed by atoms with van der Waals surface area (Å²) in [6.07, 6.45) is 7.32. The summed E-state index contributed by atoms with van der Waals surface area (Å²) in [5, 5.41) is 3.28. The largest absolute Gasteiger partial charge is 0.465 e. The van der Waals surface area contributed by atoms with E-state index < -0.39 is 0 Å². The lowest BCUT2D eigenvalue weighted by Gasteiger charge is -2.25. The zero-order valence-electron chi connectivity index (χ0n) is 18.4. The van der Waals surface area contributed by atoms with Gasteiger partial charge in [-0.2, -0.15) is 0 Å². The highest BCUT2D eigenvalue weighted by molar-refractivity contribution is 6.31. The summed E-state index contributed by atoms with van der Waals surface area (Å²) in [5.74, 6) is 0.260. The topological polar surface area (TPSA) is 36.2 Å². The Morgan fingerprint density at radius 1 is 1.00 bits per heavy atom. The van der Waals surface area contributed by atoms with Crippen LogP contribution in [0, 0.1) is 0 Å². The van der Waals surface area contributed by atoms with Gasteiger partial charge in [-0.3, -0.25) is 0 Å². The fourth-order valence-electron chi connectivity index (χ4n) is 6.04. The van der Waals surface area contributed by atoms with E-state index in [9.17, 15) is 4.79 Å². The van der Waals surface area contributed by atoms with E-state index in [2.05, 4.69) is 39.5 Å². The number of aromatic nitrogens is 2. The van der Waals surface area contributed by atoms with Gasteiger partial charge in [0.15, 0.2) is 0 Å². The number of ether oxygens (including phenoxy) is 1. The van der Waals surface area contributed by atoms with Crippen molar-refractivity contribution in [3.05, 3.63) is 58.7 Å². The van der Waals surface area contributed by atoms with E-state index in [0.29, 0.717) is 11.5 Å². The first kappa shape index (κ1) is 19.9. The summed E-state index contributed by atoms with van der Waals surface area (Å²) < 4.78 is 9.77. The Bertz CT molecular complexity index is 1360. The molecule has 0 amide bonds. The summed E-state index contributed by atoms with van der Waals surface area (Å²) in [7, 11) is 1.45. The molecule has 2 aliphatic rings. The van der Waals surface area contributed by atoms with E-state index in [1.165, 1.54) is 72.3 Å². The zero-order valence-corrected chi connectivity index (χ0v) is 19.1. The van der Waals surface area contributed by atoms with Crippen molar-refractivity contribution in [2.24, 2.45) is 0 Å². The van der Waals surface area contributed by atoms with Crippen LogP contribution in [0.1, 0.15) is 60.4 Å². The van der Waals surface area contributed by atoms with Crippen molar-refractivity contribution in [3.8, 4) is 11.3 Å². The third kappa shape index (κ3) is 2.92. The van der Waals surface area contributed by atoms with Crippen molar-refractivity contribution < 1.29 is 9.53 Å². The van der Waals surface area contributed by atoms with Crippen molar-refractivity contribution in [1.82, 2.24) is 9.13 Å². The highest BCUT2D eigenvalue weighted by Crippen LogP contribution is 2.47. The summed E-state index contributed by atoms with van der Waals surface area (Å²) in [4.78, 5) is 12.3. The molecule has 5 heteroatoms. The zero-order chi connectivity index (χ0) is 21.8. The fraction of sp³-hybridized carbons (Fsp3) is 0.370. The fourth-order valence-corrected chi connectivity index (χ4v) is 6.32. The molecule has 0 bridgehead atoms. The number of benzene rings is 2. The molecular weight excluding hydrogens is 420 g/mol. The van der Waals surface area contributed by atoms with Crippen molar-refractivity contribution in [3.63, 3.8) is 0 Å². The number of hydrogen-bond acceptors (Lipinski definition) is 2. The van der Waals surface area contributed by atoms with Crippen LogP contribution in [-0.2, 0) is 17.8 Å². The van der Waals surface area contributed by atoms with Gasteiger partial charge in [-0.05, 0) is 48.9 Å². The van der Waals surface area contributed by atoms with Crippen LogP contribution in [0.25, 0.3) is 33.1 Å². The van der Waals surface area contributed by atoms with Crippen LogP contribution in [-0.4, -0.2) is 22.2 Å². The van der Waals surface area contributed by atoms with Gasteiger partial charge < -0.3 is 13.9 Å². The average molecular weight is 447 g/mol. The molecule has 0 saturated heterocycles. The first-order valence-electron chi connectivity index (χ1n) is 11.7. The van der Waals surface area contributed by atoms with Crippen molar-refractivity contribution in [2.75, 3.05) is 7.11 Å². The molecule has 1 fully saturated rings. The molecule has 1 aliphatic heterocycles. The number of fused-ring (bicyclic) bond motifs is 4. The van der Waals surface area contributed by atoms with Crippen LogP contribution in [0.4, 0.5) is 0 Å². The van der Waals surface area contributed by atoms with Gasteiger partial charge in [0.2, 0.25) is 0 Å². The number of halogens is 1. The minimum Gasteiger partial charge on any atom is -0.465 e. The van der Waals surface area contributed by atoms with Crippen LogP contribution < -0.4 is 0 Å². The number of para-hydroxylation sites is 1. The number of carbonyl (C=O) groups excluding carboxylic acids is 1. The van der Waals surface area contributed by atoms with E-state index in [-0.39, 0.29) is 5.97 Å². The van der Waals surface area contributed by atoms with Crippen LogP contribution >= 0.6 is 11.6 Å². The summed E-state index contributed by atoms with van der Waals surface area (Å²) in [6, 6.07) is 14.7. The maximum Gasteiger partial charge on any atom is 0.337 e. The second-order valence-corrected chi connectivity index (χ2v) is 9.58. The first-order chi connectivity index (χ1) is 15.7. The Kier molecular flexibility index (Phi) is 4.80. The van der Waals surface area contributed by atoms with Crippen LogP contribution in [0.2, 0.25) is 5.15 Å². The number of carbonyl (C=O) groups is 1. The monoisotopic (exact) mass is 446 g/mol. The minimum atomic E-state index is -0.282. The van der Waals surface area contributed by atoms with Crippen molar-refractivity contribution in [2.45, 2.75) is 57.5 Å². The van der Waals surface area contributed by atoms with Crippen molar-refractivity contribution in [1.29, 1.82) is 0 Å². The highest BCUT2D eigenvalue weighted by atomic mass is 35.5. The molecule has 0 radical (unpaired) electrons. The SMILES string of the molecule is COC(=O)c1ccc2c(C3CCCCC3)c3n(c2c1)CCCn1c(Cl)cc2cccc-3c21. The van der Waals surface area contributed by atoms with Crippen molar-refractivity contribution >= 4 is 39.4 Å². The predicted octanol–water partition coefficient (Wildman–Crippen LogP) is 7.15. The Morgan fingerprint density at radius 3 is 2.62 bits per heavy atom. The van der Waals surface area contributed by atoms with Crippen LogP contribution in [0.5, 0.6) is 0 Å². The molecule has 6 rings (SSSR count). The average Bonchev–Trinajstić information content (AvgIpc) is 3.31. The molecule has 0 N–H and O–H groups in total. The lowest BCUT2D eigenvalue weighted by molar-refractivity contribution is 0.0601. The number of esters is 1. The van der Waals surface area contributed by atoms with Gasteiger partial charge in [-0.25, -0.2) is 4.79 Å². The maximum atomic E-state index is 12.3. The third-order valence-corrected chi connectivity index (χ3v) is 7.74. The van der Waals surface area contributed by atoms with Gasteiger partial charge in [0.25, 0.3) is 0 Å². The summed E-state index contributed by atoms with van der Waals surface area (Å²) >= 11 is 6.67. The normalized spacial score (nSPS) is 16.7. The number of methoxy groups -OCH3 is 1. The molecule has 3 heterocycles. The van der Waals surface area contributed by atoms with Gasteiger partial charge in [-0.1, -0.05) is 55.1 Å². The first-order valence-corrected chi connectivity index (χ1v) is 12.1. The lowest BCUT2D eigenvalue weighted by Crippen LogP contribution is -2.12. The Labute approximate surface area is 192 Å². The summed E-state index contributed by atoms with van der Waals surface area (Å²) in [5.41, 5.74) is 7.01. The highest BCUT2D eigenvalue weighted by Gasteiger charge is 2.29. The van der Waals surface area contributed by atoms with E-state index >= 15 is 0 Å². The third-order valence-electron chi connectivity index (χ3n) is 7.43. The van der Waals surface area contributed by atoms with E-state index in [1.54, 1.807) is 0 Å². The molecule has 1 aliphatic carbocycles. The van der Waals surface area contributed by atoms with Crippen LogP contribution in [0.15, 0.2) is 42.5 Å². The second kappa shape index (κ2) is 7.70. The number of aryl methyl sites for hydroxylation is 2. The molecule has 4 nitrogen and oxygen atoms in total. The number of hydrogen-bond donors (Lipinski definition) is 0. The molecule has 2 aromatic carbocycles. The van der Waals surface area contributed by atoms with Gasteiger partial charge in [0.05, 0.1) is 23.9 Å². The quantitative estimate of drug-likeness (QED) is 0.306. The molecular formula is C27H27ClN2O2. The van der Waals surface area contributed by atoms with Crippen LogP contribution in [0.3, 0.4) is 0 Å². The molecule has 0 spiro atoms. The van der Waals surface area contributed by atoms with Gasteiger partial charge >= 0.3 is 5.97 Å². The molecule has 164 valence electrons. The van der Waals surface area contributed by atoms with E-state index in [0.717, 1.165) is 30.2 Å². The molecule has 4 aromatic rings. The van der Waals surface area contributed by atoms with Gasteiger partial charge in [0.1, 0.15) is 5.15 Å². The minimum absolute atomic E-state index is 0.282.